The van der Waals surface area contributed by atoms with Crippen LogP contribution in [-0.4, -0.2) is 11.8 Å². The van der Waals surface area contributed by atoms with Gasteiger partial charge >= 0.3 is 0 Å². The Kier molecular flexibility index (Phi) is 5.05. The Labute approximate surface area is 174 Å². The number of hydrogen-bond acceptors (Lipinski definition) is 5. The zero-order chi connectivity index (χ0) is 19.7. The van der Waals surface area contributed by atoms with Crippen LogP contribution in [0.3, 0.4) is 0 Å². The molecule has 0 radical (unpaired) electrons. The first kappa shape index (κ1) is 18.5. The summed E-state index contributed by atoms with van der Waals surface area (Å²) in [6, 6.07) is 19.2. The van der Waals surface area contributed by atoms with Gasteiger partial charge in [-0.15, -0.1) is 11.3 Å². The Morgan fingerprint density at radius 3 is 2.29 bits per heavy atom. The van der Waals surface area contributed by atoms with Crippen molar-refractivity contribution in [3.8, 4) is 6.07 Å². The monoisotopic (exact) mass is 422 g/mol. The van der Waals surface area contributed by atoms with Gasteiger partial charge in [0, 0.05) is 14.8 Å². The number of halogens is 1. The molecule has 7 heteroatoms. The quantitative estimate of drug-likeness (QED) is 0.531. The van der Waals surface area contributed by atoms with Crippen LogP contribution in [0.15, 0.2) is 75.8 Å². The van der Waals surface area contributed by atoms with Gasteiger partial charge in [0.2, 0.25) is 0 Å². The SMILES string of the molecule is N#Cc1ccc(N2C(=O)C(Sc3ccc(Cl)cc3)=C(c3cccs3)C2=O)cc1. The number of nitriles is 1. The molecule has 1 aromatic heterocycles. The van der Waals surface area contributed by atoms with Crippen molar-refractivity contribution in [1.82, 2.24) is 0 Å². The molecule has 0 unspecified atom stereocenters. The van der Waals surface area contributed by atoms with Gasteiger partial charge in [-0.3, -0.25) is 9.59 Å². The molecule has 0 N–H and O–H groups in total. The second kappa shape index (κ2) is 7.64. The van der Waals surface area contributed by atoms with E-state index in [4.69, 9.17) is 16.9 Å². The number of thioether (sulfide) groups is 1. The Balaban J connectivity index is 1.77. The van der Waals surface area contributed by atoms with E-state index in [0.29, 0.717) is 26.8 Å². The number of rotatable bonds is 4. The molecule has 1 aliphatic rings. The number of carbonyl (C=O) groups is 2. The summed E-state index contributed by atoms with van der Waals surface area (Å²) < 4.78 is 0. The summed E-state index contributed by atoms with van der Waals surface area (Å²) in [5, 5.41) is 11.4. The zero-order valence-corrected chi connectivity index (χ0v) is 16.6. The van der Waals surface area contributed by atoms with Gasteiger partial charge in [0.25, 0.3) is 11.8 Å². The van der Waals surface area contributed by atoms with Gasteiger partial charge in [0.15, 0.2) is 0 Å². The molecule has 2 heterocycles. The fraction of sp³-hybridized carbons (Fsp3) is 0. The highest BCUT2D eigenvalue weighted by Gasteiger charge is 2.40. The third kappa shape index (κ3) is 3.36. The molecular weight excluding hydrogens is 412 g/mol. The minimum Gasteiger partial charge on any atom is -0.268 e. The maximum absolute atomic E-state index is 13.2. The van der Waals surface area contributed by atoms with Gasteiger partial charge in [-0.25, -0.2) is 4.90 Å². The van der Waals surface area contributed by atoms with Gasteiger partial charge in [0.05, 0.1) is 27.8 Å². The minimum atomic E-state index is -0.377. The molecule has 2 aromatic carbocycles. The van der Waals surface area contributed by atoms with E-state index in [0.717, 1.165) is 14.7 Å². The van der Waals surface area contributed by atoms with Crippen LogP contribution in [0.25, 0.3) is 5.57 Å². The number of nitrogens with zero attached hydrogens (tertiary/aromatic N) is 2. The van der Waals surface area contributed by atoms with Gasteiger partial charge in [-0.2, -0.15) is 5.26 Å². The summed E-state index contributed by atoms with van der Waals surface area (Å²) >= 11 is 8.60. The summed E-state index contributed by atoms with van der Waals surface area (Å²) in [6.07, 6.45) is 0. The summed E-state index contributed by atoms with van der Waals surface area (Å²) in [7, 11) is 0. The fourth-order valence-corrected chi connectivity index (χ4v) is 4.73. The molecule has 136 valence electrons. The van der Waals surface area contributed by atoms with E-state index in [-0.39, 0.29) is 11.8 Å². The van der Waals surface area contributed by atoms with Crippen molar-refractivity contribution in [2.45, 2.75) is 4.90 Å². The van der Waals surface area contributed by atoms with Crippen LogP contribution in [0.1, 0.15) is 10.4 Å². The molecule has 1 aliphatic heterocycles. The molecular formula is C21H11ClN2O2S2. The molecule has 28 heavy (non-hydrogen) atoms. The predicted molar refractivity (Wildman–Crippen MR) is 112 cm³/mol. The lowest BCUT2D eigenvalue weighted by Crippen LogP contribution is -2.31. The highest BCUT2D eigenvalue weighted by molar-refractivity contribution is 8.04. The van der Waals surface area contributed by atoms with Crippen LogP contribution in [-0.2, 0) is 9.59 Å². The number of amides is 2. The summed E-state index contributed by atoms with van der Waals surface area (Å²) in [6.45, 7) is 0. The van der Waals surface area contributed by atoms with Crippen LogP contribution >= 0.6 is 34.7 Å². The summed E-state index contributed by atoms with van der Waals surface area (Å²) in [5.74, 6) is -0.744. The molecule has 4 nitrogen and oxygen atoms in total. The first-order chi connectivity index (χ1) is 13.6. The van der Waals surface area contributed by atoms with E-state index < -0.39 is 0 Å². The molecule has 0 saturated carbocycles. The number of hydrogen-bond donors (Lipinski definition) is 0. The third-order valence-electron chi connectivity index (χ3n) is 4.10. The minimum absolute atomic E-state index is 0.367. The lowest BCUT2D eigenvalue weighted by atomic mass is 10.2. The maximum Gasteiger partial charge on any atom is 0.272 e. The number of benzene rings is 2. The summed E-state index contributed by atoms with van der Waals surface area (Å²) in [5.41, 5.74) is 1.30. The maximum atomic E-state index is 13.2. The van der Waals surface area contributed by atoms with E-state index in [1.807, 2.05) is 35.7 Å². The first-order valence-electron chi connectivity index (χ1n) is 8.19. The van der Waals surface area contributed by atoms with Crippen molar-refractivity contribution >= 4 is 57.8 Å². The van der Waals surface area contributed by atoms with Crippen molar-refractivity contribution in [3.05, 3.63) is 86.4 Å². The van der Waals surface area contributed by atoms with Gasteiger partial charge < -0.3 is 0 Å². The average molecular weight is 423 g/mol. The van der Waals surface area contributed by atoms with Gasteiger partial charge in [-0.05, 0) is 60.0 Å². The van der Waals surface area contributed by atoms with E-state index in [1.165, 1.54) is 23.1 Å². The lowest BCUT2D eigenvalue weighted by Gasteiger charge is -2.15. The molecule has 0 bridgehead atoms. The molecule has 0 fully saturated rings. The zero-order valence-electron chi connectivity index (χ0n) is 14.3. The Hall–Kier alpha value is -2.85. The predicted octanol–water partition coefficient (Wildman–Crippen LogP) is 5.35. The lowest BCUT2D eigenvalue weighted by molar-refractivity contribution is -0.119. The smallest absolute Gasteiger partial charge is 0.268 e. The highest BCUT2D eigenvalue weighted by Crippen LogP contribution is 2.42. The van der Waals surface area contributed by atoms with Crippen LogP contribution in [0, 0.1) is 11.3 Å². The summed E-state index contributed by atoms with van der Waals surface area (Å²) in [4.78, 5) is 29.5. The number of anilines is 1. The van der Waals surface area contributed by atoms with E-state index in [9.17, 15) is 9.59 Å². The normalized spacial score (nSPS) is 13.9. The second-order valence-corrected chi connectivity index (χ2v) is 8.31. The van der Waals surface area contributed by atoms with Crippen LogP contribution in [0.2, 0.25) is 5.02 Å². The van der Waals surface area contributed by atoms with Crippen molar-refractivity contribution in [3.63, 3.8) is 0 Å². The molecule has 2 amide bonds. The average Bonchev–Trinajstić information content (AvgIpc) is 3.31. The van der Waals surface area contributed by atoms with Crippen LogP contribution in [0.5, 0.6) is 0 Å². The Morgan fingerprint density at radius 1 is 0.964 bits per heavy atom. The first-order valence-corrected chi connectivity index (χ1v) is 10.3. The van der Waals surface area contributed by atoms with Crippen molar-refractivity contribution < 1.29 is 9.59 Å². The Morgan fingerprint density at radius 2 is 1.68 bits per heavy atom. The Bertz CT molecular complexity index is 1130. The number of thiophene rings is 1. The molecule has 0 spiro atoms. The fourth-order valence-electron chi connectivity index (χ4n) is 2.78. The topological polar surface area (TPSA) is 61.2 Å². The van der Waals surface area contributed by atoms with Crippen molar-refractivity contribution in [1.29, 1.82) is 5.26 Å². The van der Waals surface area contributed by atoms with Crippen LogP contribution < -0.4 is 4.90 Å². The van der Waals surface area contributed by atoms with Gasteiger partial charge in [0.1, 0.15) is 0 Å². The van der Waals surface area contributed by atoms with E-state index in [2.05, 4.69) is 0 Å². The van der Waals surface area contributed by atoms with Crippen molar-refractivity contribution in [2.75, 3.05) is 4.90 Å². The molecule has 4 rings (SSSR count). The van der Waals surface area contributed by atoms with E-state index in [1.54, 1.807) is 36.4 Å². The number of carbonyl (C=O) groups excluding carboxylic acids is 2. The van der Waals surface area contributed by atoms with E-state index >= 15 is 0 Å². The second-order valence-electron chi connectivity index (χ2n) is 5.84. The van der Waals surface area contributed by atoms with Crippen LogP contribution in [0.4, 0.5) is 5.69 Å². The highest BCUT2D eigenvalue weighted by atomic mass is 35.5. The number of imide groups is 1. The van der Waals surface area contributed by atoms with Gasteiger partial charge in [-0.1, -0.05) is 29.4 Å². The molecule has 3 aromatic rings. The largest absolute Gasteiger partial charge is 0.272 e. The van der Waals surface area contributed by atoms with Crippen molar-refractivity contribution in [2.24, 2.45) is 0 Å². The standard InChI is InChI=1S/C21H11ClN2O2S2/c22-14-5-9-16(10-6-14)28-19-18(17-2-1-11-27-17)20(25)24(21(19)26)15-7-3-13(12-23)4-8-15/h1-11H. The molecule has 0 atom stereocenters. The molecule has 0 saturated heterocycles. The molecule has 0 aliphatic carbocycles. The third-order valence-corrected chi connectivity index (χ3v) is 6.33.